The van der Waals surface area contributed by atoms with Crippen LogP contribution in [0.4, 0.5) is 0 Å². The van der Waals surface area contributed by atoms with Crippen molar-refractivity contribution < 1.29 is 4.79 Å². The van der Waals surface area contributed by atoms with Gasteiger partial charge in [0.2, 0.25) is 0 Å². The van der Waals surface area contributed by atoms with Gasteiger partial charge in [-0.05, 0) is 49.3 Å². The van der Waals surface area contributed by atoms with E-state index in [0.717, 1.165) is 48.1 Å². The van der Waals surface area contributed by atoms with Gasteiger partial charge in [0.25, 0.3) is 5.91 Å². The zero-order chi connectivity index (χ0) is 18.9. The fraction of sp³-hybridized carbons (Fsp3) is 0.500. The summed E-state index contributed by atoms with van der Waals surface area (Å²) >= 11 is 0. The van der Waals surface area contributed by atoms with Gasteiger partial charge < -0.3 is 9.88 Å². The molecule has 3 aromatic rings. The second-order valence-electron chi connectivity index (χ2n) is 8.26. The first kappa shape index (κ1) is 17.5. The molecule has 146 valence electrons. The van der Waals surface area contributed by atoms with E-state index in [4.69, 9.17) is 0 Å². The normalized spacial score (nSPS) is 19.4. The van der Waals surface area contributed by atoms with Gasteiger partial charge in [0.05, 0.1) is 11.7 Å². The largest absolute Gasteiger partial charge is 0.361 e. The van der Waals surface area contributed by atoms with E-state index in [2.05, 4.69) is 26.2 Å². The highest BCUT2D eigenvalue weighted by Gasteiger charge is 2.26. The van der Waals surface area contributed by atoms with Crippen LogP contribution in [0, 0.1) is 0 Å². The van der Waals surface area contributed by atoms with Crippen LogP contribution in [0.3, 0.4) is 0 Å². The number of benzene rings is 1. The molecule has 0 atom stereocenters. The van der Waals surface area contributed by atoms with E-state index in [1.165, 1.54) is 32.1 Å². The summed E-state index contributed by atoms with van der Waals surface area (Å²) in [4.78, 5) is 18.1. The number of H-pyrrole nitrogens is 1. The minimum absolute atomic E-state index is 0.122. The molecule has 2 fully saturated rings. The van der Waals surface area contributed by atoms with Crippen LogP contribution < -0.4 is 0 Å². The van der Waals surface area contributed by atoms with Crippen LogP contribution in [-0.2, 0) is 0 Å². The average molecular weight is 377 g/mol. The Kier molecular flexibility index (Phi) is 4.63. The van der Waals surface area contributed by atoms with E-state index < -0.39 is 0 Å². The van der Waals surface area contributed by atoms with Gasteiger partial charge in [-0.1, -0.05) is 30.5 Å². The SMILES string of the molecule is O=C(c1ccc2cc[nH]c2c1)N1CCC(n2cc(C3CCCCC3)nn2)CC1. The summed E-state index contributed by atoms with van der Waals surface area (Å²) in [5.74, 6) is 0.712. The summed E-state index contributed by atoms with van der Waals surface area (Å²) in [6.45, 7) is 1.54. The summed E-state index contributed by atoms with van der Waals surface area (Å²) in [5.41, 5.74) is 2.93. The minimum Gasteiger partial charge on any atom is -0.361 e. The van der Waals surface area contributed by atoms with Crippen molar-refractivity contribution in [2.24, 2.45) is 0 Å². The third-order valence-corrected chi connectivity index (χ3v) is 6.48. The van der Waals surface area contributed by atoms with E-state index in [-0.39, 0.29) is 5.91 Å². The van der Waals surface area contributed by atoms with E-state index in [1.807, 2.05) is 35.4 Å². The Balaban J connectivity index is 1.22. The zero-order valence-electron chi connectivity index (χ0n) is 16.2. The molecular weight excluding hydrogens is 350 g/mol. The maximum Gasteiger partial charge on any atom is 0.253 e. The summed E-state index contributed by atoms with van der Waals surface area (Å²) < 4.78 is 2.05. The fourth-order valence-corrected chi connectivity index (χ4v) is 4.75. The van der Waals surface area contributed by atoms with E-state index in [1.54, 1.807) is 0 Å². The highest BCUT2D eigenvalue weighted by Crippen LogP contribution is 2.32. The Morgan fingerprint density at radius 1 is 1.04 bits per heavy atom. The maximum absolute atomic E-state index is 12.9. The second kappa shape index (κ2) is 7.41. The predicted octanol–water partition coefficient (Wildman–Crippen LogP) is 4.28. The predicted molar refractivity (Wildman–Crippen MR) is 108 cm³/mol. The molecule has 28 heavy (non-hydrogen) atoms. The number of amides is 1. The fourth-order valence-electron chi connectivity index (χ4n) is 4.75. The van der Waals surface area contributed by atoms with E-state index in [9.17, 15) is 4.79 Å². The summed E-state index contributed by atoms with van der Waals surface area (Å²) in [6.07, 6.45) is 12.4. The van der Waals surface area contributed by atoms with Gasteiger partial charge in [0.1, 0.15) is 0 Å². The number of aromatic amines is 1. The number of hydrogen-bond donors (Lipinski definition) is 1. The topological polar surface area (TPSA) is 66.8 Å². The van der Waals surface area contributed by atoms with Gasteiger partial charge >= 0.3 is 0 Å². The van der Waals surface area contributed by atoms with Crippen molar-refractivity contribution in [2.75, 3.05) is 13.1 Å². The molecule has 1 saturated carbocycles. The van der Waals surface area contributed by atoms with E-state index in [0.29, 0.717) is 12.0 Å². The summed E-state index contributed by atoms with van der Waals surface area (Å²) in [6, 6.07) is 8.26. The molecule has 2 aromatic heterocycles. The lowest BCUT2D eigenvalue weighted by Gasteiger charge is -2.32. The molecule has 1 amide bonds. The average Bonchev–Trinajstić information content (AvgIpc) is 3.43. The molecular formula is C22H27N5O. The van der Waals surface area contributed by atoms with Crippen LogP contribution in [0.2, 0.25) is 0 Å². The van der Waals surface area contributed by atoms with Gasteiger partial charge in [0, 0.05) is 42.5 Å². The molecule has 2 aliphatic rings. The zero-order valence-corrected chi connectivity index (χ0v) is 16.2. The smallest absolute Gasteiger partial charge is 0.253 e. The van der Waals surface area contributed by atoms with Crippen molar-refractivity contribution in [2.45, 2.75) is 56.9 Å². The molecule has 1 aliphatic heterocycles. The molecule has 1 N–H and O–H groups in total. The molecule has 0 bridgehead atoms. The molecule has 0 spiro atoms. The molecule has 6 nitrogen and oxygen atoms in total. The van der Waals surface area contributed by atoms with Crippen molar-refractivity contribution in [1.29, 1.82) is 0 Å². The standard InChI is InChI=1S/C22H27N5O/c28-22(18-7-6-17-8-11-23-20(17)14-18)26-12-9-19(10-13-26)27-15-21(24-25-27)16-4-2-1-3-5-16/h6-8,11,14-16,19,23H,1-5,9-10,12-13H2. The number of aromatic nitrogens is 4. The van der Waals surface area contributed by atoms with Gasteiger partial charge in [-0.25, -0.2) is 4.68 Å². The summed E-state index contributed by atoms with van der Waals surface area (Å²) in [5, 5.41) is 10.0. The number of nitrogens with zero attached hydrogens (tertiary/aromatic N) is 4. The number of hydrogen-bond acceptors (Lipinski definition) is 3. The molecule has 3 heterocycles. The molecule has 1 saturated heterocycles. The number of piperidine rings is 1. The Morgan fingerprint density at radius 3 is 2.68 bits per heavy atom. The Bertz CT molecular complexity index is 960. The van der Waals surface area contributed by atoms with Crippen LogP contribution in [-0.4, -0.2) is 43.9 Å². The highest BCUT2D eigenvalue weighted by atomic mass is 16.2. The first-order valence-electron chi connectivity index (χ1n) is 10.6. The number of nitrogens with one attached hydrogen (secondary N) is 1. The van der Waals surface area contributed by atoms with Gasteiger partial charge in [-0.15, -0.1) is 5.10 Å². The van der Waals surface area contributed by atoms with Crippen LogP contribution in [0.25, 0.3) is 10.9 Å². The molecule has 0 radical (unpaired) electrons. The lowest BCUT2D eigenvalue weighted by atomic mass is 9.87. The van der Waals surface area contributed by atoms with Crippen molar-refractivity contribution in [3.63, 3.8) is 0 Å². The molecule has 1 aromatic carbocycles. The quantitative estimate of drug-likeness (QED) is 0.741. The number of fused-ring (bicyclic) bond motifs is 1. The maximum atomic E-state index is 12.9. The molecule has 1 aliphatic carbocycles. The number of carbonyl (C=O) groups is 1. The molecule has 6 heteroatoms. The van der Waals surface area contributed by atoms with Crippen LogP contribution in [0.1, 0.15) is 73.0 Å². The Labute approximate surface area is 164 Å². The van der Waals surface area contributed by atoms with Crippen LogP contribution in [0.5, 0.6) is 0 Å². The first-order valence-corrected chi connectivity index (χ1v) is 10.6. The highest BCUT2D eigenvalue weighted by molar-refractivity contribution is 5.98. The number of likely N-dealkylation sites (tertiary alicyclic amines) is 1. The van der Waals surface area contributed by atoms with Crippen molar-refractivity contribution >= 4 is 16.8 Å². The van der Waals surface area contributed by atoms with Gasteiger partial charge in [0.15, 0.2) is 0 Å². The summed E-state index contributed by atoms with van der Waals surface area (Å²) in [7, 11) is 0. The third-order valence-electron chi connectivity index (χ3n) is 6.48. The monoisotopic (exact) mass is 377 g/mol. The van der Waals surface area contributed by atoms with Crippen molar-refractivity contribution in [1.82, 2.24) is 24.9 Å². The van der Waals surface area contributed by atoms with Crippen LogP contribution in [0.15, 0.2) is 36.7 Å². The van der Waals surface area contributed by atoms with Crippen molar-refractivity contribution in [3.05, 3.63) is 47.9 Å². The lowest BCUT2D eigenvalue weighted by Crippen LogP contribution is -2.39. The molecule has 0 unspecified atom stereocenters. The van der Waals surface area contributed by atoms with Crippen molar-refractivity contribution in [3.8, 4) is 0 Å². The van der Waals surface area contributed by atoms with Gasteiger partial charge in [-0.2, -0.15) is 0 Å². The number of rotatable bonds is 3. The Morgan fingerprint density at radius 2 is 1.86 bits per heavy atom. The Hall–Kier alpha value is -2.63. The van der Waals surface area contributed by atoms with Crippen LogP contribution >= 0.6 is 0 Å². The first-order chi connectivity index (χ1) is 13.8. The molecule has 5 rings (SSSR count). The minimum atomic E-state index is 0.122. The van der Waals surface area contributed by atoms with E-state index >= 15 is 0 Å². The third kappa shape index (κ3) is 3.32. The second-order valence-corrected chi connectivity index (χ2v) is 8.26. The lowest BCUT2D eigenvalue weighted by molar-refractivity contribution is 0.0689. The number of carbonyl (C=O) groups excluding carboxylic acids is 1. The van der Waals surface area contributed by atoms with Gasteiger partial charge in [-0.3, -0.25) is 4.79 Å².